The van der Waals surface area contributed by atoms with E-state index in [4.69, 9.17) is 0 Å². The number of piperidine rings is 1. The van der Waals surface area contributed by atoms with Gasteiger partial charge in [0, 0.05) is 25.7 Å². The van der Waals surface area contributed by atoms with Crippen LogP contribution in [0.15, 0.2) is 59.4 Å². The highest BCUT2D eigenvalue weighted by Gasteiger charge is 2.24. The van der Waals surface area contributed by atoms with Gasteiger partial charge in [0.25, 0.3) is 0 Å². The maximum absolute atomic E-state index is 12.3. The molecule has 0 saturated carbocycles. The fourth-order valence-corrected chi connectivity index (χ4v) is 3.82. The molecule has 2 aromatic carbocycles. The number of para-hydroxylation sites is 2. The molecule has 5 heteroatoms. The maximum atomic E-state index is 12.3. The molecule has 25 heavy (non-hydrogen) atoms. The van der Waals surface area contributed by atoms with Crippen molar-refractivity contribution >= 4 is 11.0 Å². The van der Waals surface area contributed by atoms with E-state index in [0.717, 1.165) is 42.5 Å². The van der Waals surface area contributed by atoms with Gasteiger partial charge in [-0.3, -0.25) is 4.57 Å². The summed E-state index contributed by atoms with van der Waals surface area (Å²) in [5.74, 6) is 0. The quantitative estimate of drug-likeness (QED) is 0.769. The fourth-order valence-electron chi connectivity index (χ4n) is 3.82. The number of nitrogens with zero attached hydrogens (tertiary/aromatic N) is 2. The van der Waals surface area contributed by atoms with Gasteiger partial charge in [0.15, 0.2) is 0 Å². The third-order valence-electron chi connectivity index (χ3n) is 5.16. The van der Waals surface area contributed by atoms with Gasteiger partial charge in [-0.15, -0.1) is 0 Å². The zero-order chi connectivity index (χ0) is 17.2. The first-order valence-corrected chi connectivity index (χ1v) is 8.87. The first-order valence-electron chi connectivity index (χ1n) is 8.87. The molecule has 1 aromatic heterocycles. The van der Waals surface area contributed by atoms with E-state index in [1.165, 1.54) is 0 Å². The number of benzene rings is 2. The lowest BCUT2D eigenvalue weighted by molar-refractivity contribution is 0.0907. The number of aliphatic hydroxyl groups is 1. The summed E-state index contributed by atoms with van der Waals surface area (Å²) < 4.78 is 1.90. The molecule has 0 bridgehead atoms. The molecule has 0 unspecified atom stereocenters. The Hall–Kier alpha value is -2.37. The zero-order valence-corrected chi connectivity index (χ0v) is 14.1. The lowest BCUT2D eigenvalue weighted by atomic mass is 10.0. The molecule has 0 radical (unpaired) electrons. The predicted molar refractivity (Wildman–Crippen MR) is 98.7 cm³/mol. The van der Waals surface area contributed by atoms with Crippen LogP contribution >= 0.6 is 0 Å². The average molecular weight is 337 g/mol. The minimum absolute atomic E-state index is 0.0241. The molecule has 1 fully saturated rings. The Balaban J connectivity index is 1.43. The summed E-state index contributed by atoms with van der Waals surface area (Å²) in [6.45, 7) is 2.42. The van der Waals surface area contributed by atoms with Crippen LogP contribution in [0.4, 0.5) is 0 Å². The first-order chi connectivity index (χ1) is 12.2. The number of nitrogens with one attached hydrogen (secondary N) is 1. The number of hydrogen-bond donors (Lipinski definition) is 2. The average Bonchev–Trinajstić information content (AvgIpc) is 2.99. The van der Waals surface area contributed by atoms with Crippen LogP contribution < -0.4 is 5.69 Å². The number of rotatable bonds is 4. The second-order valence-corrected chi connectivity index (χ2v) is 6.78. The van der Waals surface area contributed by atoms with Crippen molar-refractivity contribution in [3.05, 3.63) is 70.6 Å². The van der Waals surface area contributed by atoms with E-state index in [9.17, 15) is 9.90 Å². The molecule has 1 saturated heterocycles. The van der Waals surface area contributed by atoms with E-state index in [2.05, 4.69) is 9.88 Å². The summed E-state index contributed by atoms with van der Waals surface area (Å²) in [4.78, 5) is 17.6. The predicted octanol–water partition coefficient (Wildman–Crippen LogP) is 2.70. The molecule has 0 spiro atoms. The molecule has 1 aliphatic rings. The summed E-state index contributed by atoms with van der Waals surface area (Å²) in [5, 5.41) is 10.4. The highest BCUT2D eigenvalue weighted by atomic mass is 16.3. The van der Waals surface area contributed by atoms with Gasteiger partial charge < -0.3 is 15.0 Å². The number of likely N-dealkylation sites (tertiary alicyclic amines) is 1. The van der Waals surface area contributed by atoms with Crippen LogP contribution in [0.5, 0.6) is 0 Å². The van der Waals surface area contributed by atoms with Crippen molar-refractivity contribution in [3.63, 3.8) is 0 Å². The van der Waals surface area contributed by atoms with Crippen molar-refractivity contribution in [3.8, 4) is 0 Å². The number of aromatic nitrogens is 2. The van der Waals surface area contributed by atoms with E-state index in [0.29, 0.717) is 6.54 Å². The Labute approximate surface area is 146 Å². The largest absolute Gasteiger partial charge is 0.387 e. The van der Waals surface area contributed by atoms with Crippen LogP contribution in [0, 0.1) is 0 Å². The Morgan fingerprint density at radius 3 is 2.48 bits per heavy atom. The van der Waals surface area contributed by atoms with Gasteiger partial charge in [-0.2, -0.15) is 0 Å². The van der Waals surface area contributed by atoms with Gasteiger partial charge in [-0.25, -0.2) is 4.79 Å². The first kappa shape index (κ1) is 16.1. The van der Waals surface area contributed by atoms with Gasteiger partial charge in [0.05, 0.1) is 17.1 Å². The van der Waals surface area contributed by atoms with E-state index < -0.39 is 6.10 Å². The highest BCUT2D eigenvalue weighted by Crippen LogP contribution is 2.26. The van der Waals surface area contributed by atoms with Crippen molar-refractivity contribution in [2.24, 2.45) is 0 Å². The van der Waals surface area contributed by atoms with E-state index in [-0.39, 0.29) is 11.7 Å². The molecule has 5 nitrogen and oxygen atoms in total. The zero-order valence-electron chi connectivity index (χ0n) is 14.1. The molecule has 130 valence electrons. The number of hydrogen-bond acceptors (Lipinski definition) is 3. The number of imidazole rings is 1. The molecular formula is C20H23N3O2. The van der Waals surface area contributed by atoms with E-state index >= 15 is 0 Å². The summed E-state index contributed by atoms with van der Waals surface area (Å²) in [7, 11) is 0. The van der Waals surface area contributed by atoms with Crippen LogP contribution in [0.25, 0.3) is 11.0 Å². The van der Waals surface area contributed by atoms with Crippen molar-refractivity contribution in [2.75, 3.05) is 19.6 Å². The molecule has 0 amide bonds. The topological polar surface area (TPSA) is 61.3 Å². The minimum Gasteiger partial charge on any atom is -0.387 e. The van der Waals surface area contributed by atoms with Gasteiger partial charge in [-0.05, 0) is 30.5 Å². The fraction of sp³-hybridized carbons (Fsp3) is 0.350. The van der Waals surface area contributed by atoms with Gasteiger partial charge in [0.2, 0.25) is 0 Å². The molecule has 3 aromatic rings. The van der Waals surface area contributed by atoms with E-state index in [1.807, 2.05) is 59.2 Å². The smallest absolute Gasteiger partial charge is 0.326 e. The van der Waals surface area contributed by atoms with Crippen molar-refractivity contribution in [2.45, 2.75) is 25.0 Å². The number of aliphatic hydroxyl groups excluding tert-OH is 1. The third kappa shape index (κ3) is 3.25. The Morgan fingerprint density at radius 2 is 1.72 bits per heavy atom. The Kier molecular flexibility index (Phi) is 4.42. The Bertz CT molecular complexity index is 892. The third-order valence-corrected chi connectivity index (χ3v) is 5.16. The summed E-state index contributed by atoms with van der Waals surface area (Å²) in [5.41, 5.74) is 2.81. The molecule has 2 heterocycles. The maximum Gasteiger partial charge on any atom is 0.326 e. The van der Waals surface area contributed by atoms with Gasteiger partial charge in [-0.1, -0.05) is 42.5 Å². The molecule has 4 rings (SSSR count). The lowest BCUT2D eigenvalue weighted by Gasteiger charge is -2.33. The summed E-state index contributed by atoms with van der Waals surface area (Å²) in [6.07, 6.45) is 1.38. The second-order valence-electron chi connectivity index (χ2n) is 6.78. The van der Waals surface area contributed by atoms with Crippen LogP contribution in [0.2, 0.25) is 0 Å². The van der Waals surface area contributed by atoms with Crippen molar-refractivity contribution in [1.29, 1.82) is 0 Å². The molecular weight excluding hydrogens is 314 g/mol. The van der Waals surface area contributed by atoms with Gasteiger partial charge >= 0.3 is 5.69 Å². The lowest BCUT2D eigenvalue weighted by Crippen LogP contribution is -2.39. The van der Waals surface area contributed by atoms with Crippen LogP contribution in [0.1, 0.15) is 30.6 Å². The molecule has 0 aliphatic carbocycles. The normalized spacial score (nSPS) is 17.8. The highest BCUT2D eigenvalue weighted by molar-refractivity contribution is 5.75. The number of aromatic amines is 1. The van der Waals surface area contributed by atoms with E-state index in [1.54, 1.807) is 0 Å². The SMILES string of the molecule is O=c1[nH]c2ccccc2n1C1CCN(C[C@@H](O)c2ccccc2)CC1. The van der Waals surface area contributed by atoms with Crippen LogP contribution in [0.3, 0.4) is 0 Å². The van der Waals surface area contributed by atoms with Crippen LogP contribution in [-0.4, -0.2) is 39.2 Å². The monoisotopic (exact) mass is 337 g/mol. The molecule has 2 N–H and O–H groups in total. The van der Waals surface area contributed by atoms with Crippen molar-refractivity contribution < 1.29 is 5.11 Å². The number of β-amino-alcohol motifs (C(OH)–C–C–N with tert-alkyl or cyclic N) is 1. The number of H-pyrrole nitrogens is 1. The summed E-state index contributed by atoms with van der Waals surface area (Å²) >= 11 is 0. The van der Waals surface area contributed by atoms with Crippen LogP contribution in [-0.2, 0) is 0 Å². The standard InChI is InChI=1S/C20H23N3O2/c24-19(15-6-2-1-3-7-15)14-22-12-10-16(11-13-22)23-18-9-5-4-8-17(18)21-20(23)25/h1-9,16,19,24H,10-14H2,(H,21,25)/t19-/m1/s1. The molecule has 1 aliphatic heterocycles. The minimum atomic E-state index is -0.464. The number of fused-ring (bicyclic) bond motifs is 1. The Morgan fingerprint density at radius 1 is 1.04 bits per heavy atom. The van der Waals surface area contributed by atoms with Gasteiger partial charge in [0.1, 0.15) is 0 Å². The van der Waals surface area contributed by atoms with Crippen molar-refractivity contribution in [1.82, 2.24) is 14.5 Å². The second kappa shape index (κ2) is 6.86. The molecule has 1 atom stereocenters. The summed E-state index contributed by atoms with van der Waals surface area (Å²) in [6, 6.07) is 17.9.